The van der Waals surface area contributed by atoms with Crippen LogP contribution in [0.15, 0.2) is 46.9 Å². The second-order valence-corrected chi connectivity index (χ2v) is 6.74. The van der Waals surface area contributed by atoms with Gasteiger partial charge in [0.2, 0.25) is 0 Å². The van der Waals surface area contributed by atoms with Crippen LogP contribution in [-0.4, -0.2) is 52.5 Å². The summed E-state index contributed by atoms with van der Waals surface area (Å²) in [6, 6.07) is 9.56. The number of fused-ring (bicyclic) bond motifs is 1. The lowest BCUT2D eigenvalue weighted by atomic mass is 10.0. The summed E-state index contributed by atoms with van der Waals surface area (Å²) in [4.78, 5) is 4.62. The minimum atomic E-state index is 0.523. The molecule has 0 N–H and O–H groups in total. The van der Waals surface area contributed by atoms with Gasteiger partial charge >= 0.3 is 0 Å². The molecular formula is C22H26N4O4. The maximum atomic E-state index is 5.48. The lowest BCUT2D eigenvalue weighted by Crippen LogP contribution is -2.00. The third kappa shape index (κ3) is 4.37. The van der Waals surface area contributed by atoms with Crippen molar-refractivity contribution in [2.45, 2.75) is 6.42 Å². The summed E-state index contributed by atoms with van der Waals surface area (Å²) in [5, 5.41) is 12.1. The number of methoxy groups -OCH3 is 4. The van der Waals surface area contributed by atoms with Crippen molar-refractivity contribution in [2.75, 3.05) is 42.5 Å². The molecule has 2 aromatic carbocycles. The van der Waals surface area contributed by atoms with E-state index in [9.17, 15) is 0 Å². The highest BCUT2D eigenvalue weighted by atomic mass is 16.5. The number of rotatable bonds is 8. The molecule has 1 heterocycles. The molecule has 8 heteroatoms. The normalized spacial score (nSPS) is 11.0. The van der Waals surface area contributed by atoms with Crippen LogP contribution in [-0.2, 0) is 6.42 Å². The number of hydrogen-bond donors (Lipinski definition) is 0. The van der Waals surface area contributed by atoms with E-state index >= 15 is 0 Å². The molecule has 0 aliphatic carbocycles. The fourth-order valence-electron chi connectivity index (χ4n) is 3.16. The fraction of sp³-hybridized carbons (Fsp3) is 0.318. The van der Waals surface area contributed by atoms with E-state index in [0.29, 0.717) is 35.1 Å². The summed E-state index contributed by atoms with van der Waals surface area (Å²) in [6.07, 6.45) is 2.31. The lowest BCUT2D eigenvalue weighted by Gasteiger charge is -2.14. The first-order valence-corrected chi connectivity index (χ1v) is 9.34. The first-order chi connectivity index (χ1) is 14.5. The van der Waals surface area contributed by atoms with E-state index in [2.05, 4.69) is 15.3 Å². The van der Waals surface area contributed by atoms with Gasteiger partial charge in [0.1, 0.15) is 0 Å². The number of hydrogen-bond acceptors (Lipinski definition) is 7. The van der Waals surface area contributed by atoms with Gasteiger partial charge in [-0.3, -0.25) is 9.99 Å². The van der Waals surface area contributed by atoms with Crippen molar-refractivity contribution < 1.29 is 18.9 Å². The maximum Gasteiger partial charge on any atom is 0.162 e. The van der Waals surface area contributed by atoms with Crippen LogP contribution in [0, 0.1) is 0 Å². The van der Waals surface area contributed by atoms with Crippen molar-refractivity contribution in [2.24, 2.45) is 10.3 Å². The molecule has 1 aromatic heterocycles. The highest BCUT2D eigenvalue weighted by Crippen LogP contribution is 2.38. The van der Waals surface area contributed by atoms with Crippen LogP contribution in [0.1, 0.15) is 11.3 Å². The van der Waals surface area contributed by atoms with Crippen molar-refractivity contribution in [1.82, 2.24) is 9.99 Å². The molecule has 0 aliphatic heterocycles. The SMILES string of the molecule is COc1cc(Cc2nccc3cc(OC)c(OC)cc23)c(N=NN(C)C)cc1OC. The summed E-state index contributed by atoms with van der Waals surface area (Å²) in [7, 11) is 10.1. The molecule has 0 aliphatic rings. The Bertz CT molecular complexity index is 1070. The molecule has 158 valence electrons. The molecular weight excluding hydrogens is 384 g/mol. The largest absolute Gasteiger partial charge is 0.493 e. The van der Waals surface area contributed by atoms with Gasteiger partial charge in [-0.2, -0.15) is 0 Å². The van der Waals surface area contributed by atoms with Crippen molar-refractivity contribution in [3.63, 3.8) is 0 Å². The van der Waals surface area contributed by atoms with Gasteiger partial charge < -0.3 is 18.9 Å². The van der Waals surface area contributed by atoms with Gasteiger partial charge in [0.25, 0.3) is 0 Å². The lowest BCUT2D eigenvalue weighted by molar-refractivity contribution is 0.354. The number of nitrogens with zero attached hydrogens (tertiary/aromatic N) is 4. The molecule has 0 radical (unpaired) electrons. The molecule has 0 amide bonds. The molecule has 0 fully saturated rings. The number of pyridine rings is 1. The number of ether oxygens (including phenoxy) is 4. The average Bonchev–Trinajstić information content (AvgIpc) is 2.76. The molecule has 3 aromatic rings. The summed E-state index contributed by atoms with van der Waals surface area (Å²) in [6.45, 7) is 0. The van der Waals surface area contributed by atoms with Gasteiger partial charge in [0.15, 0.2) is 23.0 Å². The third-order valence-electron chi connectivity index (χ3n) is 4.63. The molecule has 0 bridgehead atoms. The zero-order chi connectivity index (χ0) is 21.7. The third-order valence-corrected chi connectivity index (χ3v) is 4.63. The van der Waals surface area contributed by atoms with Crippen LogP contribution in [0.5, 0.6) is 23.0 Å². The monoisotopic (exact) mass is 410 g/mol. The van der Waals surface area contributed by atoms with Crippen LogP contribution in [0.3, 0.4) is 0 Å². The molecule has 0 unspecified atom stereocenters. The van der Waals surface area contributed by atoms with Gasteiger partial charge in [-0.05, 0) is 35.2 Å². The van der Waals surface area contributed by atoms with Crippen LogP contribution in [0.4, 0.5) is 5.69 Å². The molecule has 0 saturated carbocycles. The average molecular weight is 410 g/mol. The van der Waals surface area contributed by atoms with E-state index in [1.807, 2.05) is 44.4 Å². The van der Waals surface area contributed by atoms with Crippen molar-refractivity contribution in [1.29, 1.82) is 0 Å². The van der Waals surface area contributed by atoms with E-state index < -0.39 is 0 Å². The molecule has 0 atom stereocenters. The van der Waals surface area contributed by atoms with Gasteiger partial charge in [0, 0.05) is 38.2 Å². The molecule has 30 heavy (non-hydrogen) atoms. The molecule has 0 spiro atoms. The molecule has 8 nitrogen and oxygen atoms in total. The van der Waals surface area contributed by atoms with E-state index in [1.165, 1.54) is 0 Å². The van der Waals surface area contributed by atoms with Crippen LogP contribution >= 0.6 is 0 Å². The topological polar surface area (TPSA) is 77.8 Å². The molecule has 3 rings (SSSR count). The van der Waals surface area contributed by atoms with E-state index in [4.69, 9.17) is 18.9 Å². The molecule has 0 saturated heterocycles. The Kier molecular flexibility index (Phi) is 6.56. The Labute approximate surface area is 176 Å². The predicted octanol–water partition coefficient (Wildman–Crippen LogP) is 4.42. The second-order valence-electron chi connectivity index (χ2n) is 6.74. The minimum absolute atomic E-state index is 0.523. The van der Waals surface area contributed by atoms with E-state index in [1.54, 1.807) is 39.6 Å². The van der Waals surface area contributed by atoms with Crippen molar-refractivity contribution >= 4 is 16.5 Å². The highest BCUT2D eigenvalue weighted by Gasteiger charge is 2.15. The minimum Gasteiger partial charge on any atom is -0.493 e. The summed E-state index contributed by atoms with van der Waals surface area (Å²) in [5.74, 6) is 2.54. The van der Waals surface area contributed by atoms with Gasteiger partial charge in [0.05, 0.1) is 39.8 Å². The Morgan fingerprint density at radius 3 is 2.07 bits per heavy atom. The van der Waals surface area contributed by atoms with Gasteiger partial charge in [-0.25, -0.2) is 0 Å². The number of benzene rings is 2. The number of aromatic nitrogens is 1. The Balaban J connectivity index is 2.14. The first kappa shape index (κ1) is 21.2. The Hall–Kier alpha value is -3.55. The summed E-state index contributed by atoms with van der Waals surface area (Å²) < 4.78 is 21.8. The van der Waals surface area contributed by atoms with Crippen LogP contribution in [0.25, 0.3) is 10.8 Å². The van der Waals surface area contributed by atoms with Gasteiger partial charge in [-0.1, -0.05) is 5.22 Å². The maximum absolute atomic E-state index is 5.48. The quantitative estimate of drug-likeness (QED) is 0.404. The zero-order valence-electron chi connectivity index (χ0n) is 18.1. The smallest absolute Gasteiger partial charge is 0.162 e. The summed E-state index contributed by atoms with van der Waals surface area (Å²) in [5.41, 5.74) is 2.47. The standard InChI is InChI=1S/C22H26N4O4/c1-26(2)25-24-17-13-22(30-6)20(28-4)11-15(17)9-18-16-12-21(29-5)19(27-3)10-14(16)7-8-23-18/h7-8,10-13H,9H2,1-6H3. The van der Waals surface area contributed by atoms with Crippen molar-refractivity contribution in [3.05, 3.63) is 47.8 Å². The van der Waals surface area contributed by atoms with Crippen LogP contribution in [0.2, 0.25) is 0 Å². The van der Waals surface area contributed by atoms with E-state index in [-0.39, 0.29) is 0 Å². The fourth-order valence-corrected chi connectivity index (χ4v) is 3.16. The Morgan fingerprint density at radius 2 is 1.43 bits per heavy atom. The van der Waals surface area contributed by atoms with Crippen molar-refractivity contribution in [3.8, 4) is 23.0 Å². The van der Waals surface area contributed by atoms with Crippen LogP contribution < -0.4 is 18.9 Å². The summed E-state index contributed by atoms with van der Waals surface area (Å²) >= 11 is 0. The second kappa shape index (κ2) is 9.30. The first-order valence-electron chi connectivity index (χ1n) is 9.34. The highest BCUT2D eigenvalue weighted by molar-refractivity contribution is 5.88. The van der Waals surface area contributed by atoms with E-state index in [0.717, 1.165) is 22.0 Å². The Morgan fingerprint density at radius 1 is 0.833 bits per heavy atom. The zero-order valence-corrected chi connectivity index (χ0v) is 18.1. The van der Waals surface area contributed by atoms with Gasteiger partial charge in [-0.15, -0.1) is 5.11 Å². The predicted molar refractivity (Wildman–Crippen MR) is 115 cm³/mol.